The highest BCUT2D eigenvalue weighted by atomic mass is 16.4. The average molecular weight is 316 g/mol. The number of piperidine rings is 1. The van der Waals surface area contributed by atoms with E-state index in [0.29, 0.717) is 18.0 Å². The van der Waals surface area contributed by atoms with Gasteiger partial charge in [-0.1, -0.05) is 12.1 Å². The van der Waals surface area contributed by atoms with Crippen LogP contribution in [0.4, 0.5) is 0 Å². The number of nitrogens with zero attached hydrogens (tertiary/aromatic N) is 2. The van der Waals surface area contributed by atoms with Crippen LogP contribution < -0.4 is 0 Å². The quantitative estimate of drug-likeness (QED) is 0.925. The minimum absolute atomic E-state index is 0.235. The highest BCUT2D eigenvalue weighted by Crippen LogP contribution is 2.27. The lowest BCUT2D eigenvalue weighted by Crippen LogP contribution is -2.44. The third-order valence-electron chi connectivity index (χ3n) is 4.96. The molecule has 5 nitrogen and oxygen atoms in total. The van der Waals surface area contributed by atoms with E-state index in [1.165, 1.54) is 12.8 Å². The van der Waals surface area contributed by atoms with Gasteiger partial charge in [-0.05, 0) is 56.5 Å². The molecule has 0 unspecified atom stereocenters. The zero-order chi connectivity index (χ0) is 16.2. The third kappa shape index (κ3) is 3.91. The minimum Gasteiger partial charge on any atom is -0.478 e. The Morgan fingerprint density at radius 2 is 1.74 bits per heavy atom. The van der Waals surface area contributed by atoms with Gasteiger partial charge in [0.2, 0.25) is 5.91 Å². The number of carbonyl (C=O) groups excluding carboxylic acids is 1. The van der Waals surface area contributed by atoms with Gasteiger partial charge < -0.3 is 10.0 Å². The van der Waals surface area contributed by atoms with Crippen LogP contribution in [0.3, 0.4) is 0 Å². The largest absolute Gasteiger partial charge is 0.478 e. The van der Waals surface area contributed by atoms with Gasteiger partial charge in [0.15, 0.2) is 0 Å². The molecule has 2 heterocycles. The van der Waals surface area contributed by atoms with Gasteiger partial charge in [0.1, 0.15) is 0 Å². The molecule has 5 heteroatoms. The van der Waals surface area contributed by atoms with E-state index < -0.39 is 5.97 Å². The first-order valence-electron chi connectivity index (χ1n) is 8.47. The molecule has 1 amide bonds. The van der Waals surface area contributed by atoms with E-state index >= 15 is 0 Å². The fourth-order valence-electron chi connectivity index (χ4n) is 3.61. The molecule has 1 aromatic rings. The summed E-state index contributed by atoms with van der Waals surface area (Å²) in [6.45, 7) is 4.22. The molecule has 1 atom stereocenters. The van der Waals surface area contributed by atoms with Crippen LogP contribution in [0.2, 0.25) is 0 Å². The van der Waals surface area contributed by atoms with Gasteiger partial charge in [0.25, 0.3) is 0 Å². The van der Waals surface area contributed by atoms with Crippen molar-refractivity contribution in [2.75, 3.05) is 32.7 Å². The summed E-state index contributed by atoms with van der Waals surface area (Å²) in [7, 11) is 0. The second-order valence-corrected chi connectivity index (χ2v) is 6.59. The number of aromatic carboxylic acids is 1. The van der Waals surface area contributed by atoms with Gasteiger partial charge >= 0.3 is 5.97 Å². The predicted molar refractivity (Wildman–Crippen MR) is 87.6 cm³/mol. The number of benzene rings is 1. The number of rotatable bonds is 4. The van der Waals surface area contributed by atoms with E-state index in [-0.39, 0.29) is 5.91 Å². The molecule has 1 aromatic carbocycles. The second-order valence-electron chi connectivity index (χ2n) is 6.59. The Hall–Kier alpha value is -1.88. The van der Waals surface area contributed by atoms with E-state index in [0.717, 1.165) is 44.6 Å². The Bertz CT molecular complexity index is 564. The van der Waals surface area contributed by atoms with Crippen LogP contribution in [0.25, 0.3) is 0 Å². The minimum atomic E-state index is -0.900. The van der Waals surface area contributed by atoms with Gasteiger partial charge in [0.05, 0.1) is 12.1 Å². The number of carboxylic acid groups (broad SMARTS) is 1. The number of hydrogen-bond acceptors (Lipinski definition) is 3. The zero-order valence-electron chi connectivity index (χ0n) is 13.4. The SMILES string of the molecule is O=C(O)c1ccc([C@@H]2CCCN(C(=O)CN3CCCC3)C2)cc1. The molecule has 2 aliphatic rings. The van der Waals surface area contributed by atoms with Crippen LogP contribution in [-0.4, -0.2) is 59.5 Å². The van der Waals surface area contributed by atoms with Crippen LogP contribution >= 0.6 is 0 Å². The van der Waals surface area contributed by atoms with Crippen LogP contribution in [0.1, 0.15) is 47.5 Å². The lowest BCUT2D eigenvalue weighted by Gasteiger charge is -2.34. The number of carbonyl (C=O) groups is 2. The molecule has 0 aromatic heterocycles. The van der Waals surface area contributed by atoms with Crippen molar-refractivity contribution in [3.8, 4) is 0 Å². The first kappa shape index (κ1) is 16.0. The molecule has 0 spiro atoms. The van der Waals surface area contributed by atoms with Crippen molar-refractivity contribution >= 4 is 11.9 Å². The predicted octanol–water partition coefficient (Wildman–Crippen LogP) is 2.19. The number of likely N-dealkylation sites (tertiary alicyclic amines) is 2. The van der Waals surface area contributed by atoms with E-state index in [1.54, 1.807) is 12.1 Å². The maximum absolute atomic E-state index is 12.5. The first-order valence-corrected chi connectivity index (χ1v) is 8.47. The monoisotopic (exact) mass is 316 g/mol. The first-order chi connectivity index (χ1) is 11.1. The summed E-state index contributed by atoms with van der Waals surface area (Å²) < 4.78 is 0. The third-order valence-corrected chi connectivity index (χ3v) is 4.96. The molecular weight excluding hydrogens is 292 g/mol. The van der Waals surface area contributed by atoms with Crippen molar-refractivity contribution in [3.63, 3.8) is 0 Å². The Kier molecular flexibility index (Phi) is 4.96. The maximum atomic E-state index is 12.5. The molecule has 0 saturated carbocycles. The molecule has 23 heavy (non-hydrogen) atoms. The molecule has 2 saturated heterocycles. The summed E-state index contributed by atoms with van der Waals surface area (Å²) in [5.41, 5.74) is 1.44. The average Bonchev–Trinajstić information content (AvgIpc) is 3.08. The summed E-state index contributed by atoms with van der Waals surface area (Å²) in [4.78, 5) is 27.6. The van der Waals surface area contributed by atoms with Crippen LogP contribution in [0.5, 0.6) is 0 Å². The van der Waals surface area contributed by atoms with Gasteiger partial charge in [0, 0.05) is 19.0 Å². The molecule has 0 radical (unpaired) electrons. The van der Waals surface area contributed by atoms with Crippen molar-refractivity contribution in [3.05, 3.63) is 35.4 Å². The lowest BCUT2D eigenvalue weighted by molar-refractivity contribution is -0.133. The van der Waals surface area contributed by atoms with Crippen molar-refractivity contribution in [1.82, 2.24) is 9.80 Å². The van der Waals surface area contributed by atoms with Crippen LogP contribution in [0, 0.1) is 0 Å². The Morgan fingerprint density at radius 3 is 2.39 bits per heavy atom. The van der Waals surface area contributed by atoms with E-state index in [4.69, 9.17) is 5.11 Å². The molecule has 0 bridgehead atoms. The molecule has 2 aliphatic heterocycles. The van der Waals surface area contributed by atoms with Crippen molar-refractivity contribution in [2.45, 2.75) is 31.6 Å². The Morgan fingerprint density at radius 1 is 1.04 bits per heavy atom. The van der Waals surface area contributed by atoms with Crippen LogP contribution in [-0.2, 0) is 4.79 Å². The van der Waals surface area contributed by atoms with E-state index in [1.807, 2.05) is 17.0 Å². The van der Waals surface area contributed by atoms with Gasteiger partial charge in [-0.25, -0.2) is 4.79 Å². The van der Waals surface area contributed by atoms with Gasteiger partial charge in [-0.15, -0.1) is 0 Å². The van der Waals surface area contributed by atoms with Gasteiger partial charge in [-0.2, -0.15) is 0 Å². The standard InChI is InChI=1S/C18H24N2O3/c21-17(13-19-9-1-2-10-19)20-11-3-4-16(12-20)14-5-7-15(8-6-14)18(22)23/h5-8,16H,1-4,9-13H2,(H,22,23)/t16-/m1/s1. The van der Waals surface area contributed by atoms with Gasteiger partial charge in [-0.3, -0.25) is 9.69 Å². The number of carboxylic acids is 1. The Balaban J connectivity index is 1.60. The highest BCUT2D eigenvalue weighted by Gasteiger charge is 2.26. The molecular formula is C18H24N2O3. The molecule has 0 aliphatic carbocycles. The summed E-state index contributed by atoms with van der Waals surface area (Å²) in [5.74, 6) is -0.351. The smallest absolute Gasteiger partial charge is 0.335 e. The van der Waals surface area contributed by atoms with Crippen molar-refractivity contribution in [2.24, 2.45) is 0 Å². The van der Waals surface area contributed by atoms with Crippen molar-refractivity contribution in [1.29, 1.82) is 0 Å². The molecule has 1 N–H and O–H groups in total. The molecule has 124 valence electrons. The summed E-state index contributed by atoms with van der Waals surface area (Å²) in [6.07, 6.45) is 4.47. The summed E-state index contributed by atoms with van der Waals surface area (Å²) in [5, 5.41) is 8.98. The fourth-order valence-corrected chi connectivity index (χ4v) is 3.61. The molecule has 3 rings (SSSR count). The zero-order valence-corrected chi connectivity index (χ0v) is 13.4. The topological polar surface area (TPSA) is 60.9 Å². The Labute approximate surface area is 136 Å². The van der Waals surface area contributed by atoms with Crippen molar-refractivity contribution < 1.29 is 14.7 Å². The van der Waals surface area contributed by atoms with Crippen LogP contribution in [0.15, 0.2) is 24.3 Å². The normalized spacial score (nSPS) is 22.3. The summed E-state index contributed by atoms with van der Waals surface area (Å²) in [6, 6.07) is 7.09. The van der Waals surface area contributed by atoms with E-state index in [2.05, 4.69) is 4.90 Å². The second kappa shape index (κ2) is 7.13. The maximum Gasteiger partial charge on any atom is 0.335 e. The molecule has 2 fully saturated rings. The number of hydrogen-bond donors (Lipinski definition) is 1. The lowest BCUT2D eigenvalue weighted by atomic mass is 9.90. The van der Waals surface area contributed by atoms with E-state index in [9.17, 15) is 9.59 Å². The summed E-state index contributed by atoms with van der Waals surface area (Å²) >= 11 is 0. The highest BCUT2D eigenvalue weighted by molar-refractivity contribution is 5.87. The fraction of sp³-hybridized carbons (Fsp3) is 0.556. The number of amides is 1.